The Morgan fingerprint density at radius 1 is 0.710 bits per heavy atom. The second-order valence-electron chi connectivity index (χ2n) is 8.50. The number of hydrogen-bond donors (Lipinski definition) is 0. The van der Waals surface area contributed by atoms with Crippen LogP contribution in [0.1, 0.15) is 6.92 Å². The highest BCUT2D eigenvalue weighted by molar-refractivity contribution is 7.95. The van der Waals surface area contributed by atoms with Crippen LogP contribution in [0.3, 0.4) is 0 Å². The van der Waals surface area contributed by atoms with E-state index in [1.54, 1.807) is 0 Å². The molecule has 0 saturated carbocycles. The maximum absolute atomic E-state index is 6.33. The van der Waals surface area contributed by atoms with Gasteiger partial charge in [-0.25, -0.2) is 0 Å². The third kappa shape index (κ3) is 6.97. The van der Waals surface area contributed by atoms with Crippen molar-refractivity contribution in [2.45, 2.75) is 32.7 Å². The average molecular weight is 565 g/mol. The summed E-state index contributed by atoms with van der Waals surface area (Å²) in [6.07, 6.45) is 0.985. The Morgan fingerprint density at radius 2 is 1.10 bits per heavy atom. The van der Waals surface area contributed by atoms with Gasteiger partial charge < -0.3 is 33.1 Å². The Morgan fingerprint density at radius 3 is 1.42 bits per heavy atom. The van der Waals surface area contributed by atoms with Gasteiger partial charge in [-0.2, -0.15) is 0 Å². The van der Waals surface area contributed by atoms with Crippen molar-refractivity contribution in [1.29, 1.82) is 0 Å². The van der Waals surface area contributed by atoms with Gasteiger partial charge in [-0.15, -0.1) is 0 Å². The SMILES string of the molecule is CCO[C@H](CO[Si](C)(C)C)C[P+](c1ccccc1)(c1ccccc1)c1ccccc1.[I-]. The molecule has 0 fully saturated rings. The normalized spacial score (nSPS) is 12.8. The molecule has 1 atom stereocenters. The minimum absolute atomic E-state index is 0. The van der Waals surface area contributed by atoms with Gasteiger partial charge >= 0.3 is 0 Å². The van der Waals surface area contributed by atoms with Gasteiger partial charge in [0.25, 0.3) is 0 Å². The second-order valence-corrected chi connectivity index (χ2v) is 16.5. The fraction of sp³-hybridized carbons (Fsp3) is 0.308. The molecular formula is C26H34IO2PSi. The Kier molecular flexibility index (Phi) is 10.4. The molecule has 0 unspecified atom stereocenters. The Bertz CT molecular complexity index is 789. The fourth-order valence-electron chi connectivity index (χ4n) is 3.85. The zero-order valence-electron chi connectivity index (χ0n) is 19.0. The van der Waals surface area contributed by atoms with Crippen molar-refractivity contribution in [3.63, 3.8) is 0 Å². The number of rotatable bonds is 10. The lowest BCUT2D eigenvalue weighted by atomic mass is 10.3. The summed E-state index contributed by atoms with van der Waals surface area (Å²) >= 11 is 0. The van der Waals surface area contributed by atoms with Crippen LogP contribution in [0.15, 0.2) is 91.0 Å². The molecule has 0 heterocycles. The standard InChI is InChI=1S/C26H34O2PSi.HI/c1-5-27-23(21-28-30(2,3)4)22-29(24-15-9-6-10-16-24,25-17-11-7-12-18-25)26-19-13-8-14-20-26;/h6-20,23H,5,21-22H2,1-4H3;1H/q+1;/p-1/t23-;/m1./s1. The van der Waals surface area contributed by atoms with Crippen LogP contribution in [0.4, 0.5) is 0 Å². The van der Waals surface area contributed by atoms with Crippen molar-refractivity contribution in [2.24, 2.45) is 0 Å². The van der Waals surface area contributed by atoms with E-state index in [0.717, 1.165) is 6.16 Å². The van der Waals surface area contributed by atoms with E-state index < -0.39 is 15.6 Å². The summed E-state index contributed by atoms with van der Waals surface area (Å²) in [5.41, 5.74) is 0. The maximum atomic E-state index is 6.33. The molecule has 0 aromatic heterocycles. The van der Waals surface area contributed by atoms with Crippen LogP contribution < -0.4 is 39.9 Å². The second kappa shape index (κ2) is 12.3. The summed E-state index contributed by atoms with van der Waals surface area (Å²) < 4.78 is 12.6. The number of hydrogen-bond acceptors (Lipinski definition) is 2. The van der Waals surface area contributed by atoms with Crippen LogP contribution in [0.2, 0.25) is 19.6 Å². The Hall–Kier alpha value is -1.04. The van der Waals surface area contributed by atoms with Crippen LogP contribution in [-0.2, 0) is 9.16 Å². The van der Waals surface area contributed by atoms with E-state index in [9.17, 15) is 0 Å². The highest BCUT2D eigenvalue weighted by Crippen LogP contribution is 2.56. The first-order valence-corrected chi connectivity index (χ1v) is 16.1. The topological polar surface area (TPSA) is 18.5 Å². The van der Waals surface area contributed by atoms with Gasteiger partial charge in [0.15, 0.2) is 8.32 Å². The van der Waals surface area contributed by atoms with Crippen LogP contribution in [0, 0.1) is 0 Å². The summed E-state index contributed by atoms with van der Waals surface area (Å²) in [6, 6.07) is 33.0. The summed E-state index contributed by atoms with van der Waals surface area (Å²) in [4.78, 5) is 0. The largest absolute Gasteiger partial charge is 1.00 e. The molecule has 2 nitrogen and oxygen atoms in total. The number of halogens is 1. The molecule has 0 N–H and O–H groups in total. The van der Waals surface area contributed by atoms with Crippen molar-refractivity contribution in [1.82, 2.24) is 0 Å². The van der Waals surface area contributed by atoms with E-state index in [0.29, 0.717) is 13.2 Å². The number of benzene rings is 3. The van der Waals surface area contributed by atoms with Gasteiger partial charge in [0.05, 0.1) is 6.61 Å². The fourth-order valence-corrected chi connectivity index (χ4v) is 8.93. The van der Waals surface area contributed by atoms with Gasteiger partial charge in [0.1, 0.15) is 35.4 Å². The van der Waals surface area contributed by atoms with Crippen molar-refractivity contribution in [2.75, 3.05) is 19.4 Å². The molecule has 0 spiro atoms. The van der Waals surface area contributed by atoms with E-state index in [1.807, 2.05) is 0 Å². The molecule has 0 aliphatic rings. The van der Waals surface area contributed by atoms with E-state index in [-0.39, 0.29) is 30.1 Å². The summed E-state index contributed by atoms with van der Waals surface area (Å²) in [7, 11) is -3.54. The molecule has 5 heteroatoms. The first-order valence-electron chi connectivity index (χ1n) is 10.8. The number of ether oxygens (including phenoxy) is 1. The van der Waals surface area contributed by atoms with E-state index in [2.05, 4.69) is 118 Å². The Labute approximate surface area is 206 Å². The van der Waals surface area contributed by atoms with E-state index in [1.165, 1.54) is 15.9 Å². The van der Waals surface area contributed by atoms with Crippen LogP contribution in [0.5, 0.6) is 0 Å². The van der Waals surface area contributed by atoms with Crippen LogP contribution >= 0.6 is 7.26 Å². The highest BCUT2D eigenvalue weighted by Gasteiger charge is 2.47. The lowest BCUT2D eigenvalue weighted by molar-refractivity contribution is -0.00000824. The van der Waals surface area contributed by atoms with Crippen molar-refractivity contribution in [3.8, 4) is 0 Å². The maximum Gasteiger partial charge on any atom is 0.183 e. The highest BCUT2D eigenvalue weighted by atomic mass is 127. The smallest absolute Gasteiger partial charge is 0.183 e. The van der Waals surface area contributed by atoms with Gasteiger partial charge in [-0.05, 0) is 63.0 Å². The molecule has 166 valence electrons. The molecule has 0 amide bonds. The monoisotopic (exact) mass is 564 g/mol. The summed E-state index contributed by atoms with van der Waals surface area (Å²) in [5.74, 6) is 0. The zero-order chi connectivity index (χ0) is 21.5. The molecule has 3 aromatic rings. The molecule has 0 radical (unpaired) electrons. The van der Waals surface area contributed by atoms with Gasteiger partial charge in [-0.3, -0.25) is 0 Å². The molecular weight excluding hydrogens is 530 g/mol. The molecule has 31 heavy (non-hydrogen) atoms. The predicted octanol–water partition coefficient (Wildman–Crippen LogP) is 2.24. The lowest BCUT2D eigenvalue weighted by Crippen LogP contribution is -3.00. The molecule has 0 saturated heterocycles. The third-order valence-electron chi connectivity index (χ3n) is 5.17. The van der Waals surface area contributed by atoms with Gasteiger partial charge in [0, 0.05) is 6.61 Å². The molecule has 0 bridgehead atoms. The van der Waals surface area contributed by atoms with Crippen molar-refractivity contribution < 1.29 is 33.1 Å². The third-order valence-corrected chi connectivity index (χ3v) is 10.7. The lowest BCUT2D eigenvalue weighted by Gasteiger charge is -2.32. The molecule has 3 rings (SSSR count). The van der Waals surface area contributed by atoms with Crippen LogP contribution in [-0.4, -0.2) is 33.8 Å². The molecule has 3 aromatic carbocycles. The summed E-state index contributed by atoms with van der Waals surface area (Å²) in [6.45, 7) is 10.1. The van der Waals surface area contributed by atoms with Crippen molar-refractivity contribution >= 4 is 31.5 Å². The first-order chi connectivity index (χ1) is 14.5. The average Bonchev–Trinajstić information content (AvgIpc) is 2.77. The predicted molar refractivity (Wildman–Crippen MR) is 135 cm³/mol. The van der Waals surface area contributed by atoms with Crippen LogP contribution in [0.25, 0.3) is 0 Å². The minimum atomic E-state index is -1.91. The van der Waals surface area contributed by atoms with Gasteiger partial charge in [0.2, 0.25) is 0 Å². The van der Waals surface area contributed by atoms with Gasteiger partial charge in [-0.1, -0.05) is 54.6 Å². The van der Waals surface area contributed by atoms with Crippen molar-refractivity contribution in [3.05, 3.63) is 91.0 Å². The molecule has 0 aliphatic heterocycles. The zero-order valence-corrected chi connectivity index (χ0v) is 23.1. The molecule has 0 aliphatic carbocycles. The minimum Gasteiger partial charge on any atom is -1.00 e. The Balaban J connectivity index is 0.00000341. The quantitative estimate of drug-likeness (QED) is 0.214. The first kappa shape index (κ1) is 26.2. The van der Waals surface area contributed by atoms with E-state index in [4.69, 9.17) is 9.16 Å². The van der Waals surface area contributed by atoms with E-state index >= 15 is 0 Å². The summed E-state index contributed by atoms with van der Waals surface area (Å²) in [5, 5.41) is 4.17.